The minimum atomic E-state index is -4.30. The van der Waals surface area contributed by atoms with E-state index >= 15 is 0 Å². The predicted molar refractivity (Wildman–Crippen MR) is 93.5 cm³/mol. The summed E-state index contributed by atoms with van der Waals surface area (Å²) in [5.74, 6) is -2.10. The van der Waals surface area contributed by atoms with Gasteiger partial charge in [-0.3, -0.25) is 9.52 Å². The number of hydrogen-bond donors (Lipinski definition) is 2. The van der Waals surface area contributed by atoms with Crippen molar-refractivity contribution in [3.8, 4) is 0 Å². The van der Waals surface area contributed by atoms with Gasteiger partial charge in [-0.05, 0) is 42.5 Å². The van der Waals surface area contributed by atoms with E-state index in [0.717, 1.165) is 24.3 Å². The van der Waals surface area contributed by atoms with E-state index in [9.17, 15) is 22.0 Å². The van der Waals surface area contributed by atoms with Crippen LogP contribution in [-0.2, 0) is 16.6 Å². The van der Waals surface area contributed by atoms with E-state index in [1.54, 1.807) is 12.1 Å². The Morgan fingerprint density at radius 2 is 1.70 bits per heavy atom. The molecule has 3 rings (SSSR count). The van der Waals surface area contributed by atoms with E-state index in [4.69, 9.17) is 4.42 Å². The Morgan fingerprint density at radius 1 is 1.00 bits per heavy atom. The molecule has 1 heterocycles. The predicted octanol–water partition coefficient (Wildman–Crippen LogP) is 3.29. The van der Waals surface area contributed by atoms with E-state index in [1.165, 1.54) is 24.5 Å². The van der Waals surface area contributed by atoms with Crippen LogP contribution in [0.3, 0.4) is 0 Å². The minimum absolute atomic E-state index is 0.0680. The monoisotopic (exact) mass is 392 g/mol. The van der Waals surface area contributed by atoms with Crippen LogP contribution in [0, 0.1) is 11.6 Å². The normalized spacial score (nSPS) is 11.2. The van der Waals surface area contributed by atoms with Crippen molar-refractivity contribution in [3.63, 3.8) is 0 Å². The van der Waals surface area contributed by atoms with Gasteiger partial charge in [0.15, 0.2) is 0 Å². The second kappa shape index (κ2) is 7.58. The summed E-state index contributed by atoms with van der Waals surface area (Å²) in [6.45, 7) is 0.126. The van der Waals surface area contributed by atoms with Crippen molar-refractivity contribution in [3.05, 3.63) is 83.8 Å². The largest absolute Gasteiger partial charge is 0.467 e. The number of amides is 1. The number of sulfonamides is 1. The van der Waals surface area contributed by atoms with Crippen molar-refractivity contribution in [2.24, 2.45) is 0 Å². The molecule has 0 bridgehead atoms. The van der Waals surface area contributed by atoms with Crippen LogP contribution in [0.5, 0.6) is 0 Å². The van der Waals surface area contributed by atoms with Crippen LogP contribution < -0.4 is 10.0 Å². The zero-order valence-electron chi connectivity index (χ0n) is 13.8. The van der Waals surface area contributed by atoms with E-state index in [-0.39, 0.29) is 17.0 Å². The standard InChI is InChI=1S/C18H14F2N2O4S/c19-15-7-2-8-16(20)17(15)22-27(24,25)14-6-1-4-12(10-14)18(23)21-11-13-5-3-9-26-13/h1-10,22H,11H2,(H,21,23). The van der Waals surface area contributed by atoms with Gasteiger partial charge >= 0.3 is 0 Å². The first-order valence-corrected chi connectivity index (χ1v) is 9.22. The fourth-order valence-corrected chi connectivity index (χ4v) is 3.40. The number of para-hydroxylation sites is 1. The van der Waals surface area contributed by atoms with Gasteiger partial charge < -0.3 is 9.73 Å². The highest BCUT2D eigenvalue weighted by Crippen LogP contribution is 2.22. The lowest BCUT2D eigenvalue weighted by Crippen LogP contribution is -2.23. The summed E-state index contributed by atoms with van der Waals surface area (Å²) in [5, 5.41) is 2.58. The molecule has 140 valence electrons. The molecule has 27 heavy (non-hydrogen) atoms. The number of rotatable bonds is 6. The summed E-state index contributed by atoms with van der Waals surface area (Å²) in [4.78, 5) is 11.9. The molecule has 1 aromatic heterocycles. The van der Waals surface area contributed by atoms with Gasteiger partial charge in [-0.15, -0.1) is 0 Å². The molecule has 0 spiro atoms. The van der Waals surface area contributed by atoms with E-state index in [2.05, 4.69) is 5.32 Å². The lowest BCUT2D eigenvalue weighted by molar-refractivity contribution is 0.0948. The van der Waals surface area contributed by atoms with Crippen molar-refractivity contribution in [1.29, 1.82) is 0 Å². The fourth-order valence-electron chi connectivity index (χ4n) is 2.28. The number of halogens is 2. The summed E-state index contributed by atoms with van der Waals surface area (Å²) < 4.78 is 59.2. The van der Waals surface area contributed by atoms with Crippen LogP contribution in [0.2, 0.25) is 0 Å². The van der Waals surface area contributed by atoms with Crippen LogP contribution in [0.4, 0.5) is 14.5 Å². The molecule has 0 aliphatic rings. The maximum absolute atomic E-state index is 13.7. The maximum Gasteiger partial charge on any atom is 0.262 e. The lowest BCUT2D eigenvalue weighted by atomic mass is 10.2. The van der Waals surface area contributed by atoms with Crippen molar-refractivity contribution >= 4 is 21.6 Å². The number of anilines is 1. The second-order valence-electron chi connectivity index (χ2n) is 5.49. The van der Waals surface area contributed by atoms with Crippen LogP contribution in [0.25, 0.3) is 0 Å². The van der Waals surface area contributed by atoms with E-state index < -0.39 is 33.3 Å². The number of carbonyl (C=O) groups is 1. The first kappa shape index (κ1) is 18.6. The third kappa shape index (κ3) is 4.32. The van der Waals surface area contributed by atoms with Crippen LogP contribution >= 0.6 is 0 Å². The second-order valence-corrected chi connectivity index (χ2v) is 7.17. The molecule has 0 aliphatic heterocycles. The molecule has 0 aliphatic carbocycles. The fraction of sp³-hybridized carbons (Fsp3) is 0.0556. The van der Waals surface area contributed by atoms with Gasteiger partial charge in [0.25, 0.3) is 15.9 Å². The SMILES string of the molecule is O=C(NCc1ccco1)c1cccc(S(=O)(=O)Nc2c(F)cccc2F)c1. The summed E-state index contributed by atoms with van der Waals surface area (Å²) >= 11 is 0. The van der Waals surface area contributed by atoms with Crippen molar-refractivity contribution in [2.75, 3.05) is 4.72 Å². The maximum atomic E-state index is 13.7. The molecule has 0 fully saturated rings. The van der Waals surface area contributed by atoms with Gasteiger partial charge in [0.2, 0.25) is 0 Å². The summed E-state index contributed by atoms with van der Waals surface area (Å²) in [6.07, 6.45) is 1.46. The number of carbonyl (C=O) groups excluding carboxylic acids is 1. The third-order valence-corrected chi connectivity index (χ3v) is 4.96. The molecule has 9 heteroatoms. The molecule has 0 atom stereocenters. The molecule has 3 aromatic rings. The van der Waals surface area contributed by atoms with Gasteiger partial charge in [0.1, 0.15) is 23.1 Å². The lowest BCUT2D eigenvalue weighted by Gasteiger charge is -2.11. The highest BCUT2D eigenvalue weighted by molar-refractivity contribution is 7.92. The van der Waals surface area contributed by atoms with Gasteiger partial charge in [0, 0.05) is 5.56 Å². The first-order chi connectivity index (χ1) is 12.9. The van der Waals surface area contributed by atoms with Crippen molar-refractivity contribution in [2.45, 2.75) is 11.4 Å². The number of nitrogens with one attached hydrogen (secondary N) is 2. The molecule has 2 N–H and O–H groups in total. The highest BCUT2D eigenvalue weighted by Gasteiger charge is 2.20. The Balaban J connectivity index is 1.80. The summed E-state index contributed by atoms with van der Waals surface area (Å²) in [5.41, 5.74) is -0.719. The molecular formula is C18H14F2N2O4S. The number of hydrogen-bond acceptors (Lipinski definition) is 4. The molecule has 0 saturated heterocycles. The van der Waals surface area contributed by atoms with Crippen molar-refractivity contribution in [1.82, 2.24) is 5.32 Å². The Labute approximate surface area is 153 Å². The summed E-state index contributed by atoms with van der Waals surface area (Å²) in [7, 11) is -4.30. The quantitative estimate of drug-likeness (QED) is 0.674. The average Bonchev–Trinajstić information content (AvgIpc) is 3.17. The van der Waals surface area contributed by atoms with E-state index in [1.807, 2.05) is 4.72 Å². The molecular weight excluding hydrogens is 378 g/mol. The van der Waals surface area contributed by atoms with Crippen LogP contribution in [0.15, 0.2) is 70.2 Å². The average molecular weight is 392 g/mol. The van der Waals surface area contributed by atoms with Gasteiger partial charge in [-0.1, -0.05) is 12.1 Å². The Kier molecular flexibility index (Phi) is 5.22. The number of furan rings is 1. The van der Waals surface area contributed by atoms with Crippen molar-refractivity contribution < 1.29 is 26.4 Å². The Hall–Kier alpha value is -3.20. The van der Waals surface area contributed by atoms with Gasteiger partial charge in [-0.25, -0.2) is 17.2 Å². The molecule has 2 aromatic carbocycles. The van der Waals surface area contributed by atoms with E-state index in [0.29, 0.717) is 5.76 Å². The smallest absolute Gasteiger partial charge is 0.262 e. The molecule has 1 amide bonds. The highest BCUT2D eigenvalue weighted by atomic mass is 32.2. The number of benzene rings is 2. The zero-order valence-corrected chi connectivity index (χ0v) is 14.6. The Morgan fingerprint density at radius 3 is 2.37 bits per heavy atom. The first-order valence-electron chi connectivity index (χ1n) is 7.74. The molecule has 0 unspecified atom stereocenters. The van der Waals surface area contributed by atoms with Crippen LogP contribution in [-0.4, -0.2) is 14.3 Å². The van der Waals surface area contributed by atoms with Gasteiger partial charge in [-0.2, -0.15) is 0 Å². The molecule has 0 radical (unpaired) electrons. The van der Waals surface area contributed by atoms with Crippen LogP contribution in [0.1, 0.15) is 16.1 Å². The van der Waals surface area contributed by atoms with Gasteiger partial charge in [0.05, 0.1) is 17.7 Å². The molecule has 0 saturated carbocycles. The molecule has 6 nitrogen and oxygen atoms in total. The topological polar surface area (TPSA) is 88.4 Å². The minimum Gasteiger partial charge on any atom is -0.467 e. The third-order valence-electron chi connectivity index (χ3n) is 3.61. The zero-order chi connectivity index (χ0) is 19.4. The summed E-state index contributed by atoms with van der Waals surface area (Å²) in [6, 6.07) is 11.4. The Bertz CT molecular complexity index is 1050.